The van der Waals surface area contributed by atoms with Crippen LogP contribution in [0.5, 0.6) is 0 Å². The van der Waals surface area contributed by atoms with Gasteiger partial charge in [-0.15, -0.1) is 0 Å². The van der Waals surface area contributed by atoms with Gasteiger partial charge in [0.05, 0.1) is 13.2 Å². The smallest absolute Gasteiger partial charge is 0.238 e. The first-order valence-corrected chi connectivity index (χ1v) is 6.88. The van der Waals surface area contributed by atoms with E-state index in [2.05, 4.69) is 0 Å². The fourth-order valence-electron chi connectivity index (χ4n) is 0.780. The first-order chi connectivity index (χ1) is 5.93. The minimum absolute atomic E-state index is 0.627. The predicted octanol–water partition coefficient (Wildman–Crippen LogP) is 2.81. The second kappa shape index (κ2) is 6.84. The molecule has 1 aliphatic rings. The summed E-state index contributed by atoms with van der Waals surface area (Å²) < 4.78 is 10.9. The lowest BCUT2D eigenvalue weighted by atomic mass is 10.4. The molecule has 1 saturated heterocycles. The second-order valence-electron chi connectivity index (χ2n) is 2.42. The van der Waals surface area contributed by atoms with Crippen molar-refractivity contribution in [2.45, 2.75) is 19.3 Å². The summed E-state index contributed by atoms with van der Waals surface area (Å²) in [5.41, 5.74) is 0. The Morgan fingerprint density at radius 3 is 3.33 bits per heavy atom. The van der Waals surface area contributed by atoms with Gasteiger partial charge in [-0.25, -0.2) is 0 Å². The Balaban J connectivity index is 2.07. The first kappa shape index (κ1) is 10.5. The van der Waals surface area contributed by atoms with Gasteiger partial charge in [0.2, 0.25) is 7.58 Å². The highest BCUT2D eigenvalue weighted by molar-refractivity contribution is 8.52. The fourth-order valence-corrected chi connectivity index (χ4v) is 3.75. The lowest BCUT2D eigenvalue weighted by Gasteiger charge is -2.11. The number of hydrogen-bond donors (Lipinski definition) is 1. The van der Waals surface area contributed by atoms with Crippen LogP contribution < -0.4 is 0 Å². The van der Waals surface area contributed by atoms with Gasteiger partial charge >= 0.3 is 0 Å². The zero-order chi connectivity index (χ0) is 8.65. The van der Waals surface area contributed by atoms with Crippen molar-refractivity contribution < 1.29 is 9.05 Å². The largest absolute Gasteiger partial charge is 0.326 e. The van der Waals surface area contributed by atoms with Gasteiger partial charge in [-0.2, -0.15) is 0 Å². The van der Waals surface area contributed by atoms with Gasteiger partial charge in [-0.1, -0.05) is 11.4 Å². The molecule has 1 N–H and O–H groups in total. The molecular formula is C7H14NO2PS. The summed E-state index contributed by atoms with van der Waals surface area (Å²) in [6, 6.07) is 0. The lowest BCUT2D eigenvalue weighted by molar-refractivity contribution is 0.266. The van der Waals surface area contributed by atoms with Crippen molar-refractivity contribution in [1.82, 2.24) is 0 Å². The Morgan fingerprint density at radius 1 is 1.58 bits per heavy atom. The van der Waals surface area contributed by atoms with Gasteiger partial charge < -0.3 is 14.5 Å². The van der Waals surface area contributed by atoms with E-state index in [4.69, 9.17) is 14.5 Å². The lowest BCUT2D eigenvalue weighted by Crippen LogP contribution is -1.91. The summed E-state index contributed by atoms with van der Waals surface area (Å²) in [5.74, 6) is 1.15. The van der Waals surface area contributed by atoms with E-state index in [-0.39, 0.29) is 0 Å². The van der Waals surface area contributed by atoms with E-state index in [1.807, 2.05) is 0 Å². The third kappa shape index (κ3) is 4.41. The molecule has 1 unspecified atom stereocenters. The Hall–Kier alpha value is 0.370. The third-order valence-corrected chi connectivity index (χ3v) is 4.67. The van der Waals surface area contributed by atoms with Crippen LogP contribution in [0.4, 0.5) is 0 Å². The van der Waals surface area contributed by atoms with Crippen molar-refractivity contribution in [3.63, 3.8) is 0 Å². The molecule has 0 radical (unpaired) electrons. The molecule has 5 heteroatoms. The normalized spacial score (nSPS) is 24.8. The third-order valence-electron chi connectivity index (χ3n) is 1.39. The van der Waals surface area contributed by atoms with Crippen molar-refractivity contribution in [3.05, 3.63) is 0 Å². The molecule has 0 amide bonds. The molecule has 12 heavy (non-hydrogen) atoms. The summed E-state index contributed by atoms with van der Waals surface area (Å²) in [5, 5.41) is 6.82. The molecule has 0 spiro atoms. The van der Waals surface area contributed by atoms with E-state index >= 15 is 0 Å². The van der Waals surface area contributed by atoms with Crippen molar-refractivity contribution in [1.29, 1.82) is 5.41 Å². The Morgan fingerprint density at radius 2 is 2.50 bits per heavy atom. The van der Waals surface area contributed by atoms with Crippen molar-refractivity contribution in [2.75, 3.05) is 19.0 Å². The maximum Gasteiger partial charge on any atom is 0.238 e. The zero-order valence-electron chi connectivity index (χ0n) is 6.99. The highest BCUT2D eigenvalue weighted by Gasteiger charge is 2.13. The van der Waals surface area contributed by atoms with Crippen LogP contribution in [0.25, 0.3) is 0 Å². The topological polar surface area (TPSA) is 42.3 Å². The summed E-state index contributed by atoms with van der Waals surface area (Å²) in [7, 11) is -0.697. The summed E-state index contributed by atoms with van der Waals surface area (Å²) in [4.78, 5) is 0. The number of nitrogens with one attached hydrogen (secondary N) is 1. The number of rotatable bonds is 4. The Labute approximate surface area is 78.4 Å². The van der Waals surface area contributed by atoms with Gasteiger partial charge in [0.1, 0.15) is 0 Å². The van der Waals surface area contributed by atoms with Gasteiger partial charge in [-0.05, 0) is 19.1 Å². The predicted molar refractivity (Wildman–Crippen MR) is 53.9 cm³/mol. The SMILES string of the molecule is N=CCCOP1OCCCCS1. The molecule has 1 aliphatic heterocycles. The monoisotopic (exact) mass is 207 g/mol. The minimum Gasteiger partial charge on any atom is -0.326 e. The van der Waals surface area contributed by atoms with Crippen molar-refractivity contribution in [2.24, 2.45) is 0 Å². The van der Waals surface area contributed by atoms with Gasteiger partial charge in [0.25, 0.3) is 0 Å². The van der Waals surface area contributed by atoms with E-state index in [0.29, 0.717) is 13.0 Å². The average molecular weight is 207 g/mol. The molecule has 0 aromatic heterocycles. The summed E-state index contributed by atoms with van der Waals surface area (Å²) in [6.45, 7) is 1.46. The van der Waals surface area contributed by atoms with Gasteiger partial charge in [-0.3, -0.25) is 0 Å². The van der Waals surface area contributed by atoms with Crippen LogP contribution in [0.3, 0.4) is 0 Å². The van der Waals surface area contributed by atoms with Gasteiger partial charge in [0, 0.05) is 12.2 Å². The molecular weight excluding hydrogens is 193 g/mol. The van der Waals surface area contributed by atoms with E-state index in [1.54, 1.807) is 11.4 Å². The molecule has 0 saturated carbocycles. The second-order valence-corrected chi connectivity index (χ2v) is 5.72. The quantitative estimate of drug-likeness (QED) is 0.438. The van der Waals surface area contributed by atoms with Crippen LogP contribution >= 0.6 is 19.0 Å². The molecule has 1 atom stereocenters. The van der Waals surface area contributed by atoms with E-state index < -0.39 is 7.58 Å². The minimum atomic E-state index is -0.697. The van der Waals surface area contributed by atoms with Crippen molar-refractivity contribution >= 4 is 25.2 Å². The molecule has 0 bridgehead atoms. The maximum atomic E-state index is 6.82. The van der Waals surface area contributed by atoms with Crippen LogP contribution in [0.1, 0.15) is 19.3 Å². The molecule has 0 aliphatic carbocycles. The van der Waals surface area contributed by atoms with E-state index in [0.717, 1.165) is 18.8 Å². The molecule has 0 aromatic rings. The first-order valence-electron chi connectivity index (χ1n) is 4.11. The number of hydrogen-bond acceptors (Lipinski definition) is 4. The molecule has 1 rings (SSSR count). The standard InChI is InChI=1S/C7H14NO2PS/c8-4-3-6-10-11-9-5-1-2-7-12-11/h4,8H,1-3,5-7H2. The van der Waals surface area contributed by atoms with E-state index in [9.17, 15) is 0 Å². The molecule has 1 fully saturated rings. The Bertz CT molecular complexity index is 129. The molecule has 0 aromatic carbocycles. The van der Waals surface area contributed by atoms with Gasteiger partial charge in [0.15, 0.2) is 0 Å². The summed E-state index contributed by atoms with van der Waals surface area (Å²) >= 11 is 1.78. The average Bonchev–Trinajstić information content (AvgIpc) is 2.33. The van der Waals surface area contributed by atoms with Crippen molar-refractivity contribution in [3.8, 4) is 0 Å². The highest BCUT2D eigenvalue weighted by Crippen LogP contribution is 2.53. The molecule has 1 heterocycles. The van der Waals surface area contributed by atoms with Crippen LogP contribution in [0.15, 0.2) is 0 Å². The Kier molecular flexibility index (Phi) is 5.96. The maximum absolute atomic E-state index is 6.82. The molecule has 3 nitrogen and oxygen atoms in total. The van der Waals surface area contributed by atoms with Crippen LogP contribution in [0, 0.1) is 5.41 Å². The van der Waals surface area contributed by atoms with E-state index in [1.165, 1.54) is 12.6 Å². The molecule has 70 valence electrons. The summed E-state index contributed by atoms with van der Waals surface area (Å²) in [6.07, 6.45) is 4.46. The van der Waals surface area contributed by atoms with Crippen LogP contribution in [0.2, 0.25) is 0 Å². The fraction of sp³-hybridized carbons (Fsp3) is 0.857. The highest BCUT2D eigenvalue weighted by atomic mass is 32.7. The van der Waals surface area contributed by atoms with Crippen LogP contribution in [-0.2, 0) is 9.05 Å². The van der Waals surface area contributed by atoms with Crippen LogP contribution in [-0.4, -0.2) is 25.2 Å². The zero-order valence-corrected chi connectivity index (χ0v) is 8.70.